The predicted molar refractivity (Wildman–Crippen MR) is 140 cm³/mol. The van der Waals surface area contributed by atoms with Crippen molar-refractivity contribution in [2.24, 2.45) is 0 Å². The molecule has 1 heterocycles. The normalized spacial score (nSPS) is 11.5. The van der Waals surface area contributed by atoms with Crippen LogP contribution in [0.2, 0.25) is 0 Å². The molecule has 0 bridgehead atoms. The Morgan fingerprint density at radius 3 is 1.67 bits per heavy atom. The molecule has 0 aliphatic heterocycles. The second-order valence-electron chi connectivity index (χ2n) is 8.79. The predicted octanol–water partition coefficient (Wildman–Crippen LogP) is 6.58. The molecule has 0 aliphatic rings. The molecule has 3 amide bonds. The van der Waals surface area contributed by atoms with Gasteiger partial charge in [-0.2, -0.15) is 26.3 Å². The minimum absolute atomic E-state index is 0.106. The first-order valence-electron chi connectivity index (χ1n) is 11.9. The molecule has 0 fully saturated rings. The number of nitrogens with one attached hydrogen (secondary N) is 3. The maximum absolute atomic E-state index is 13.0. The standard InChI is InChI=1S/C28H19F6N5O3/c1-15-21(9-4-10-22(15)38-23(40)16-5-2-7-18(11-16)27(29,30)31)25(42)37-20-13-35-26(36-14-20)39-24(41)17-6-3-8-19(12-17)28(32,33)34/h2-14H,1H3,(H,37,42)(H,38,40)(H,35,36,39,41). The van der Waals surface area contributed by atoms with Gasteiger partial charge >= 0.3 is 12.4 Å². The van der Waals surface area contributed by atoms with Crippen molar-refractivity contribution < 1.29 is 40.7 Å². The Kier molecular flexibility index (Phi) is 8.26. The zero-order chi connectivity index (χ0) is 30.7. The number of carbonyl (C=O) groups excluding carboxylic acids is 3. The number of hydrogen-bond acceptors (Lipinski definition) is 5. The summed E-state index contributed by atoms with van der Waals surface area (Å²) in [5.41, 5.74) is -1.73. The number of aromatic nitrogens is 2. The van der Waals surface area contributed by atoms with Crippen LogP contribution in [0.1, 0.15) is 47.8 Å². The highest BCUT2D eigenvalue weighted by atomic mass is 19.4. The molecule has 0 radical (unpaired) electrons. The van der Waals surface area contributed by atoms with Crippen molar-refractivity contribution in [3.63, 3.8) is 0 Å². The van der Waals surface area contributed by atoms with E-state index in [1.807, 2.05) is 0 Å². The molecule has 0 aliphatic carbocycles. The van der Waals surface area contributed by atoms with Gasteiger partial charge in [-0.05, 0) is 61.0 Å². The van der Waals surface area contributed by atoms with Crippen LogP contribution < -0.4 is 16.0 Å². The Morgan fingerprint density at radius 1 is 0.643 bits per heavy atom. The molecule has 216 valence electrons. The second-order valence-corrected chi connectivity index (χ2v) is 8.79. The molecule has 14 heteroatoms. The van der Waals surface area contributed by atoms with Gasteiger partial charge < -0.3 is 10.6 Å². The van der Waals surface area contributed by atoms with E-state index < -0.39 is 41.2 Å². The summed E-state index contributed by atoms with van der Waals surface area (Å²) < 4.78 is 77.7. The first kappa shape index (κ1) is 29.7. The van der Waals surface area contributed by atoms with Gasteiger partial charge in [0.05, 0.1) is 29.2 Å². The van der Waals surface area contributed by atoms with Crippen molar-refractivity contribution in [3.05, 3.63) is 113 Å². The van der Waals surface area contributed by atoms with Gasteiger partial charge in [-0.15, -0.1) is 0 Å². The van der Waals surface area contributed by atoms with Crippen LogP contribution >= 0.6 is 0 Å². The van der Waals surface area contributed by atoms with Crippen molar-refractivity contribution in [1.82, 2.24) is 9.97 Å². The number of carbonyl (C=O) groups is 3. The summed E-state index contributed by atoms with van der Waals surface area (Å²) in [7, 11) is 0. The van der Waals surface area contributed by atoms with Crippen LogP contribution in [0.4, 0.5) is 43.7 Å². The van der Waals surface area contributed by atoms with Crippen molar-refractivity contribution in [1.29, 1.82) is 0 Å². The Morgan fingerprint density at radius 2 is 1.14 bits per heavy atom. The van der Waals surface area contributed by atoms with E-state index in [1.165, 1.54) is 37.3 Å². The van der Waals surface area contributed by atoms with Crippen LogP contribution in [0.25, 0.3) is 0 Å². The molecule has 3 N–H and O–H groups in total. The van der Waals surface area contributed by atoms with Gasteiger partial charge in [0.25, 0.3) is 17.7 Å². The van der Waals surface area contributed by atoms with Crippen molar-refractivity contribution in [3.8, 4) is 0 Å². The lowest BCUT2D eigenvalue weighted by Gasteiger charge is -2.14. The van der Waals surface area contributed by atoms with E-state index in [2.05, 4.69) is 25.9 Å². The highest BCUT2D eigenvalue weighted by Gasteiger charge is 2.32. The van der Waals surface area contributed by atoms with Crippen LogP contribution in [-0.2, 0) is 12.4 Å². The lowest BCUT2D eigenvalue weighted by atomic mass is 10.0. The van der Waals surface area contributed by atoms with Gasteiger partial charge in [0.2, 0.25) is 5.95 Å². The number of anilines is 3. The molecular formula is C28H19F6N5O3. The van der Waals surface area contributed by atoms with Gasteiger partial charge in [-0.1, -0.05) is 18.2 Å². The number of rotatable bonds is 6. The zero-order valence-corrected chi connectivity index (χ0v) is 21.4. The van der Waals surface area contributed by atoms with Gasteiger partial charge in [0.15, 0.2) is 0 Å². The quantitative estimate of drug-likeness (QED) is 0.221. The van der Waals surface area contributed by atoms with E-state index in [0.29, 0.717) is 17.7 Å². The summed E-state index contributed by atoms with van der Waals surface area (Å²) in [6.45, 7) is 1.53. The van der Waals surface area contributed by atoms with Crippen molar-refractivity contribution in [2.45, 2.75) is 19.3 Å². The second kappa shape index (κ2) is 11.7. The fourth-order valence-electron chi connectivity index (χ4n) is 3.71. The third-order valence-corrected chi connectivity index (χ3v) is 5.87. The number of nitrogens with zero attached hydrogens (tertiary/aromatic N) is 2. The van der Waals surface area contributed by atoms with E-state index in [0.717, 1.165) is 36.7 Å². The SMILES string of the molecule is Cc1c(NC(=O)c2cccc(C(F)(F)F)c2)cccc1C(=O)Nc1cnc(NC(=O)c2cccc(C(F)(F)F)c2)nc1. The Balaban J connectivity index is 1.42. The third kappa shape index (κ3) is 7.08. The number of benzene rings is 3. The number of alkyl halides is 6. The smallest absolute Gasteiger partial charge is 0.322 e. The largest absolute Gasteiger partial charge is 0.416 e. The first-order valence-corrected chi connectivity index (χ1v) is 11.9. The summed E-state index contributed by atoms with van der Waals surface area (Å²) in [6.07, 6.45) is -6.94. The summed E-state index contributed by atoms with van der Waals surface area (Å²) in [5.74, 6) is -2.55. The lowest BCUT2D eigenvalue weighted by Crippen LogP contribution is -2.18. The molecule has 0 saturated heterocycles. The van der Waals surface area contributed by atoms with Crippen LogP contribution in [0.3, 0.4) is 0 Å². The van der Waals surface area contributed by atoms with Crippen molar-refractivity contribution >= 4 is 35.0 Å². The molecule has 1 aromatic heterocycles. The molecular weight excluding hydrogens is 568 g/mol. The molecule has 3 aromatic carbocycles. The molecule has 0 atom stereocenters. The van der Waals surface area contributed by atoms with Crippen LogP contribution in [-0.4, -0.2) is 27.7 Å². The zero-order valence-electron chi connectivity index (χ0n) is 21.4. The first-order chi connectivity index (χ1) is 19.7. The van der Waals surface area contributed by atoms with Crippen LogP contribution in [0.5, 0.6) is 0 Å². The average Bonchev–Trinajstić information content (AvgIpc) is 2.94. The van der Waals surface area contributed by atoms with Crippen LogP contribution in [0, 0.1) is 6.92 Å². The topological polar surface area (TPSA) is 113 Å². The monoisotopic (exact) mass is 587 g/mol. The Hall–Kier alpha value is -5.27. The van der Waals surface area contributed by atoms with Gasteiger partial charge in [0.1, 0.15) is 0 Å². The Labute approximate surface area is 233 Å². The van der Waals surface area contributed by atoms with Gasteiger partial charge in [0, 0.05) is 22.4 Å². The van der Waals surface area contributed by atoms with Gasteiger partial charge in [-0.3, -0.25) is 19.7 Å². The highest BCUT2D eigenvalue weighted by molar-refractivity contribution is 6.09. The lowest BCUT2D eigenvalue weighted by molar-refractivity contribution is -0.138. The van der Waals surface area contributed by atoms with E-state index in [1.54, 1.807) is 0 Å². The Bertz CT molecular complexity index is 1650. The molecule has 4 rings (SSSR count). The van der Waals surface area contributed by atoms with E-state index >= 15 is 0 Å². The molecule has 0 saturated carbocycles. The van der Waals surface area contributed by atoms with Gasteiger partial charge in [-0.25, -0.2) is 9.97 Å². The average molecular weight is 587 g/mol. The number of amides is 3. The number of hydrogen-bond donors (Lipinski definition) is 3. The molecule has 0 unspecified atom stereocenters. The maximum atomic E-state index is 13.0. The van der Waals surface area contributed by atoms with Crippen molar-refractivity contribution in [2.75, 3.05) is 16.0 Å². The molecule has 42 heavy (non-hydrogen) atoms. The highest BCUT2D eigenvalue weighted by Crippen LogP contribution is 2.31. The third-order valence-electron chi connectivity index (χ3n) is 5.87. The van der Waals surface area contributed by atoms with E-state index in [-0.39, 0.29) is 34.0 Å². The van der Waals surface area contributed by atoms with E-state index in [9.17, 15) is 40.7 Å². The fourth-order valence-corrected chi connectivity index (χ4v) is 3.71. The molecule has 4 aromatic rings. The minimum atomic E-state index is -4.63. The molecule has 0 spiro atoms. The minimum Gasteiger partial charge on any atom is -0.322 e. The molecule has 8 nitrogen and oxygen atoms in total. The maximum Gasteiger partial charge on any atom is 0.416 e. The summed E-state index contributed by atoms with van der Waals surface area (Å²) in [4.78, 5) is 45.6. The fraction of sp³-hybridized carbons (Fsp3) is 0.107. The van der Waals surface area contributed by atoms with E-state index in [4.69, 9.17) is 0 Å². The summed E-state index contributed by atoms with van der Waals surface area (Å²) >= 11 is 0. The van der Waals surface area contributed by atoms with Crippen LogP contribution in [0.15, 0.2) is 79.1 Å². The number of halogens is 6. The summed E-state index contributed by atoms with van der Waals surface area (Å²) in [6, 6.07) is 12.1. The summed E-state index contributed by atoms with van der Waals surface area (Å²) in [5, 5.41) is 7.30.